The Morgan fingerprint density at radius 3 is 1.08 bits per heavy atom. The summed E-state index contributed by atoms with van der Waals surface area (Å²) in [5.74, 6) is 4.56. The van der Waals surface area contributed by atoms with E-state index in [4.69, 9.17) is 0 Å². The zero-order valence-corrected chi connectivity index (χ0v) is 22.5. The van der Waals surface area contributed by atoms with Crippen LogP contribution in [-0.4, -0.2) is 54.7 Å². The van der Waals surface area contributed by atoms with Gasteiger partial charge in [0.05, 0.1) is 0 Å². The summed E-state index contributed by atoms with van der Waals surface area (Å²) < 4.78 is 0. The molecule has 0 atom stereocenters. The number of hydrogen-bond donors (Lipinski definition) is 0. The average Bonchev–Trinajstić information content (AvgIpc) is 3.11. The van der Waals surface area contributed by atoms with Crippen LogP contribution < -0.4 is 0 Å². The van der Waals surface area contributed by atoms with Crippen LogP contribution in [0.25, 0.3) is 16.0 Å². The van der Waals surface area contributed by atoms with Crippen LogP contribution in [0.4, 0.5) is 0 Å². The molecule has 0 aromatic carbocycles. The van der Waals surface area contributed by atoms with E-state index in [1.165, 1.54) is 0 Å². The van der Waals surface area contributed by atoms with Crippen molar-refractivity contribution < 1.29 is 26.2 Å². The Morgan fingerprint density at radius 2 is 1.04 bits per heavy atom. The van der Waals surface area contributed by atoms with Crippen LogP contribution in [-0.2, 0) is 26.2 Å². The first-order chi connectivity index (χ1) is 11.2. The fourth-order valence-corrected chi connectivity index (χ4v) is 1.01. The van der Waals surface area contributed by atoms with Gasteiger partial charge >= 0.3 is 53.1 Å². The van der Waals surface area contributed by atoms with Crippen LogP contribution in [0.2, 0.25) is 11.5 Å². The fourth-order valence-electron chi connectivity index (χ4n) is 1.01. The molecular formula is C19H42GeN3Zr. The molecule has 0 unspecified atom stereocenters. The molecule has 0 spiro atoms. The molecule has 5 heteroatoms. The van der Waals surface area contributed by atoms with Crippen LogP contribution in [0.15, 0.2) is 18.2 Å². The van der Waals surface area contributed by atoms with Crippen LogP contribution in [0.3, 0.4) is 0 Å². The van der Waals surface area contributed by atoms with Gasteiger partial charge in [0, 0.05) is 0 Å². The molecule has 0 bridgehead atoms. The molecule has 1 rings (SSSR count). The van der Waals surface area contributed by atoms with Gasteiger partial charge in [-0.05, 0) is 0 Å². The Labute approximate surface area is 179 Å². The molecule has 0 aromatic heterocycles. The standard InChI is InChI=1S/C5H5.3C4H10N.C2H7Ge.Zr/c1-2-4-5-3-1;3*1-3-5-4-2;1-3-2;/h1-3H,4H2;3*3-4H2,1-2H3;3H,1-2H3;/q4*-1;;+4. The second-order valence-electron chi connectivity index (χ2n) is 4.15. The van der Waals surface area contributed by atoms with E-state index in [0.29, 0.717) is 15.4 Å². The van der Waals surface area contributed by atoms with Crippen molar-refractivity contribution in [2.75, 3.05) is 39.3 Å². The van der Waals surface area contributed by atoms with Gasteiger partial charge in [0.1, 0.15) is 0 Å². The van der Waals surface area contributed by atoms with E-state index < -0.39 is 0 Å². The molecule has 1 aliphatic rings. The normalized spacial score (nSPS) is 9.67. The topological polar surface area (TPSA) is 42.3 Å². The first-order valence-electron chi connectivity index (χ1n) is 9.01. The molecule has 3 nitrogen and oxygen atoms in total. The summed E-state index contributed by atoms with van der Waals surface area (Å²) in [4.78, 5) is 0. The van der Waals surface area contributed by atoms with Crippen molar-refractivity contribution in [1.29, 1.82) is 0 Å². The van der Waals surface area contributed by atoms with Gasteiger partial charge in [-0.15, -0.1) is 6.42 Å². The SMILES string of the molecule is CC[N-]CC.CC[N-]CC.CC[N-]CC.[C-]1=CC=CC1.[CH3][GeH][CH3].[Zr+4]. The summed E-state index contributed by atoms with van der Waals surface area (Å²) in [7, 11) is 0. The molecule has 0 N–H and O–H groups in total. The molecular weight excluding hydrogens is 434 g/mol. The first kappa shape index (κ1) is 35.8. The predicted molar refractivity (Wildman–Crippen MR) is 114 cm³/mol. The van der Waals surface area contributed by atoms with E-state index in [0.717, 1.165) is 45.7 Å². The van der Waals surface area contributed by atoms with Gasteiger partial charge in [0.15, 0.2) is 0 Å². The molecule has 24 heavy (non-hydrogen) atoms. The van der Waals surface area contributed by atoms with Crippen molar-refractivity contribution in [1.82, 2.24) is 0 Å². The summed E-state index contributed by atoms with van der Waals surface area (Å²) in [6, 6.07) is 0. The maximum Gasteiger partial charge on any atom is 4.00 e. The summed E-state index contributed by atoms with van der Waals surface area (Å²) in [6.45, 7) is 18.1. The molecule has 0 heterocycles. The van der Waals surface area contributed by atoms with Gasteiger partial charge < -0.3 is 16.0 Å². The smallest absolute Gasteiger partial charge is 4.00 e. The maximum atomic E-state index is 3.97. The van der Waals surface area contributed by atoms with E-state index in [2.05, 4.69) is 39.6 Å². The van der Waals surface area contributed by atoms with Gasteiger partial charge in [-0.1, -0.05) is 41.5 Å². The Bertz CT molecular complexity index is 171. The van der Waals surface area contributed by atoms with Crippen molar-refractivity contribution >= 4 is 15.4 Å². The third kappa shape index (κ3) is 77.9. The zero-order chi connectivity index (χ0) is 18.6. The third-order valence-electron chi connectivity index (χ3n) is 1.93. The molecule has 1 aliphatic carbocycles. The van der Waals surface area contributed by atoms with Crippen LogP contribution in [0, 0.1) is 6.08 Å². The largest absolute Gasteiger partial charge is 4.00 e. The molecule has 141 valence electrons. The number of allylic oxidation sites excluding steroid dienone is 4. The number of hydrogen-bond acceptors (Lipinski definition) is 0. The van der Waals surface area contributed by atoms with Crippen molar-refractivity contribution in [2.24, 2.45) is 0 Å². The van der Waals surface area contributed by atoms with E-state index in [1.807, 2.05) is 53.7 Å². The average molecular weight is 476 g/mol. The quantitative estimate of drug-likeness (QED) is 0.332. The van der Waals surface area contributed by atoms with Crippen molar-refractivity contribution in [3.8, 4) is 0 Å². The Kier molecular flexibility index (Phi) is 74.0. The monoisotopic (exact) mass is 476 g/mol. The Balaban J connectivity index is -0.0000000627. The van der Waals surface area contributed by atoms with Crippen LogP contribution >= 0.6 is 0 Å². The van der Waals surface area contributed by atoms with Crippen LogP contribution in [0.1, 0.15) is 48.0 Å². The minimum absolute atomic E-state index is 0. The van der Waals surface area contributed by atoms with Crippen LogP contribution in [0.5, 0.6) is 0 Å². The predicted octanol–water partition coefficient (Wildman–Crippen LogP) is 6.02. The minimum atomic E-state index is 0. The van der Waals surface area contributed by atoms with Crippen molar-refractivity contribution in [2.45, 2.75) is 59.5 Å². The van der Waals surface area contributed by atoms with Crippen molar-refractivity contribution in [3.05, 3.63) is 40.3 Å². The second-order valence-corrected chi connectivity index (χ2v) is 6.57. The van der Waals surface area contributed by atoms with E-state index in [9.17, 15) is 0 Å². The van der Waals surface area contributed by atoms with E-state index in [-0.39, 0.29) is 26.2 Å². The number of nitrogens with zero attached hydrogens (tertiary/aromatic N) is 3. The zero-order valence-electron chi connectivity index (χ0n) is 17.6. The van der Waals surface area contributed by atoms with Gasteiger partial charge in [0.2, 0.25) is 0 Å². The first-order valence-corrected chi connectivity index (χ1v) is 13.9. The summed E-state index contributed by atoms with van der Waals surface area (Å²) in [5, 5.41) is 11.9. The van der Waals surface area contributed by atoms with Gasteiger partial charge in [-0.3, -0.25) is 6.08 Å². The van der Waals surface area contributed by atoms with Gasteiger partial charge in [-0.25, -0.2) is 12.2 Å². The third-order valence-corrected chi connectivity index (χ3v) is 1.93. The molecule has 1 radical (unpaired) electrons. The van der Waals surface area contributed by atoms with Crippen molar-refractivity contribution in [3.63, 3.8) is 0 Å². The summed E-state index contributed by atoms with van der Waals surface area (Å²) >= 11 is 0.312. The fraction of sp³-hybridized carbons (Fsp3) is 0.789. The molecule has 0 aromatic rings. The van der Waals surface area contributed by atoms with E-state index in [1.54, 1.807) is 0 Å². The number of rotatable bonds is 6. The molecule has 0 fully saturated rings. The second kappa shape index (κ2) is 49.6. The molecule has 0 amide bonds. The van der Waals surface area contributed by atoms with Gasteiger partial charge in [0.25, 0.3) is 0 Å². The molecule has 0 saturated heterocycles. The summed E-state index contributed by atoms with van der Waals surface area (Å²) in [6.07, 6.45) is 10.0. The molecule has 0 aliphatic heterocycles. The van der Waals surface area contributed by atoms with Gasteiger partial charge in [-0.2, -0.15) is 45.3 Å². The Hall–Kier alpha value is 0.786. The molecule has 0 saturated carbocycles. The Morgan fingerprint density at radius 1 is 0.750 bits per heavy atom. The minimum Gasteiger partial charge on any atom is 4.00 e. The van der Waals surface area contributed by atoms with E-state index >= 15 is 0 Å². The summed E-state index contributed by atoms with van der Waals surface area (Å²) in [5.41, 5.74) is 0. The maximum absolute atomic E-state index is 3.97.